The van der Waals surface area contributed by atoms with Crippen molar-refractivity contribution in [2.24, 2.45) is 0 Å². The fraction of sp³-hybridized carbons (Fsp3) is 0.302. The van der Waals surface area contributed by atoms with Gasteiger partial charge in [-0.05, 0) is 0 Å². The van der Waals surface area contributed by atoms with Crippen LogP contribution in [0.1, 0.15) is 83.0 Å². The van der Waals surface area contributed by atoms with Gasteiger partial charge in [0, 0.05) is 0 Å². The average Bonchev–Trinajstić information content (AvgIpc) is 3.58. The summed E-state index contributed by atoms with van der Waals surface area (Å²) in [4.78, 5) is 0. The molecule has 0 aromatic heterocycles. The van der Waals surface area contributed by atoms with Crippen LogP contribution in [-0.4, -0.2) is 8.07 Å². The topological polar surface area (TPSA) is 0 Å². The van der Waals surface area contributed by atoms with E-state index in [0.717, 1.165) is 0 Å². The van der Waals surface area contributed by atoms with Crippen molar-refractivity contribution in [3.8, 4) is 0 Å². The molecule has 45 heavy (non-hydrogen) atoms. The summed E-state index contributed by atoms with van der Waals surface area (Å²) >= 11 is -3.35. The van der Waals surface area contributed by atoms with E-state index in [1.165, 1.54) is 55.6 Å². The van der Waals surface area contributed by atoms with Gasteiger partial charge < -0.3 is 0 Å². The molecule has 1 heterocycles. The van der Waals surface area contributed by atoms with Gasteiger partial charge in [0.25, 0.3) is 0 Å². The predicted octanol–water partition coefficient (Wildman–Crippen LogP) is 12.0. The Kier molecular flexibility index (Phi) is 7.34. The van der Waals surface area contributed by atoms with Crippen LogP contribution in [0.4, 0.5) is 0 Å². The number of unbranched alkanes of at least 4 members (excludes halogenated alkanes) is 2. The molecule has 0 saturated carbocycles. The standard InChI is InChI=1S/C35H28Si.2C4H9.Hf/c1-23-21-27-19-17-25-11-7-9-15-30(25)32(27)34(23)36(3,29-13-5-4-6-14-29)35-24(2)22-28-20-18-26-12-8-10-16-31(26)33(28)35;2*1-3-4-2;/h4-22H,1-3H3;2*1,3-4H2,2H3;. The number of hydrogen-bond acceptors (Lipinski definition) is 0. The van der Waals surface area contributed by atoms with Gasteiger partial charge in [0.1, 0.15) is 0 Å². The van der Waals surface area contributed by atoms with Crippen LogP contribution >= 0.6 is 0 Å². The van der Waals surface area contributed by atoms with Crippen LogP contribution in [0.3, 0.4) is 0 Å². The Hall–Kier alpha value is -2.81. The predicted molar refractivity (Wildman–Crippen MR) is 196 cm³/mol. The zero-order chi connectivity index (χ0) is 30.9. The first-order chi connectivity index (χ1) is 22.0. The first kappa shape index (κ1) is 29.6. The van der Waals surface area contributed by atoms with Crippen molar-refractivity contribution in [1.29, 1.82) is 0 Å². The Bertz CT molecular complexity index is 1900. The van der Waals surface area contributed by atoms with E-state index >= 15 is 0 Å². The van der Waals surface area contributed by atoms with Gasteiger partial charge in [-0.2, -0.15) is 0 Å². The molecule has 0 amide bonds. The average molecular weight is 769 g/mol. The molecule has 2 atom stereocenters. The van der Waals surface area contributed by atoms with E-state index in [1.807, 2.05) is 0 Å². The molecule has 5 aromatic carbocycles. The molecule has 8 rings (SSSR count). The number of hydrogen-bond donors (Lipinski definition) is 0. The van der Waals surface area contributed by atoms with Crippen LogP contribution in [0.2, 0.25) is 14.9 Å². The second kappa shape index (κ2) is 11.2. The molecule has 0 radical (unpaired) electrons. The molecule has 1 aliphatic heterocycles. The van der Waals surface area contributed by atoms with Crippen LogP contribution in [0.15, 0.2) is 114 Å². The molecule has 0 N–H and O–H groups in total. The first-order valence-corrected chi connectivity index (χ1v) is 29.2. The fourth-order valence-corrected chi connectivity index (χ4v) is 43.7. The van der Waals surface area contributed by atoms with Gasteiger partial charge in [-0.3, -0.25) is 0 Å². The van der Waals surface area contributed by atoms with Gasteiger partial charge in [0.2, 0.25) is 0 Å². The Morgan fingerprint density at radius 2 is 1.00 bits per heavy atom. The normalized spacial score (nSPS) is 23.0. The summed E-state index contributed by atoms with van der Waals surface area (Å²) < 4.78 is 4.30. The summed E-state index contributed by atoms with van der Waals surface area (Å²) in [6, 6.07) is 40.6. The molecule has 2 unspecified atom stereocenters. The first-order valence-electron chi connectivity index (χ1n) is 17.5. The van der Waals surface area contributed by atoms with Crippen molar-refractivity contribution in [3.63, 3.8) is 0 Å². The van der Waals surface area contributed by atoms with Crippen LogP contribution in [0, 0.1) is 0 Å². The third-order valence-electron chi connectivity index (χ3n) is 12.2. The maximum atomic E-state index is 2.74. The van der Waals surface area contributed by atoms with Crippen molar-refractivity contribution >= 4 is 45.2 Å². The van der Waals surface area contributed by atoms with Crippen LogP contribution in [0.5, 0.6) is 0 Å². The zero-order valence-corrected chi connectivity index (χ0v) is 32.3. The Balaban J connectivity index is 1.59. The number of fused-ring (bicyclic) bond motifs is 12. The molecule has 3 aliphatic rings. The Morgan fingerprint density at radius 3 is 1.47 bits per heavy atom. The van der Waals surface area contributed by atoms with Gasteiger partial charge in [-0.25, -0.2) is 0 Å². The van der Waals surface area contributed by atoms with E-state index in [-0.39, 0.29) is 0 Å². The molecular formula is C43H46HfSi. The SMILES string of the molecule is CCC[CH2][Hf]1([CH2]CCC)[CH]2C(C)=C(c3c2ccc2ccccc32)[Si](C)(c2ccccc2)C2=C(C)[CH]1c1ccc3ccccc3c12. The third-order valence-corrected chi connectivity index (χ3v) is 39.8. The molecule has 4 bridgehead atoms. The second-order valence-electron chi connectivity index (χ2n) is 14.4. The van der Waals surface area contributed by atoms with Crippen molar-refractivity contribution in [2.45, 2.75) is 75.6 Å². The third kappa shape index (κ3) is 4.04. The van der Waals surface area contributed by atoms with Crippen molar-refractivity contribution in [2.75, 3.05) is 0 Å². The molecule has 226 valence electrons. The van der Waals surface area contributed by atoms with Crippen LogP contribution in [0.25, 0.3) is 31.9 Å². The monoisotopic (exact) mass is 770 g/mol. The summed E-state index contributed by atoms with van der Waals surface area (Å²) in [5.41, 5.74) is 10.3. The molecule has 0 fully saturated rings. The van der Waals surface area contributed by atoms with E-state index in [9.17, 15) is 0 Å². The number of benzene rings is 5. The van der Waals surface area contributed by atoms with Gasteiger partial charge in [-0.1, -0.05) is 0 Å². The van der Waals surface area contributed by atoms with Crippen molar-refractivity contribution in [1.82, 2.24) is 0 Å². The molecule has 5 aromatic rings. The number of rotatable bonds is 7. The van der Waals surface area contributed by atoms with E-state index in [2.05, 4.69) is 137 Å². The van der Waals surface area contributed by atoms with Gasteiger partial charge in [0.15, 0.2) is 0 Å². The van der Waals surface area contributed by atoms with Crippen LogP contribution in [-0.2, 0) is 20.0 Å². The fourth-order valence-electron chi connectivity index (χ4n) is 10.6. The quantitative estimate of drug-likeness (QED) is 0.145. The minimum absolute atomic E-state index is 0.652. The van der Waals surface area contributed by atoms with E-state index in [0.29, 0.717) is 7.35 Å². The minimum atomic E-state index is -3.35. The summed E-state index contributed by atoms with van der Waals surface area (Å²) in [6.45, 7) is 12.8. The molecule has 0 spiro atoms. The van der Waals surface area contributed by atoms with Gasteiger partial charge in [0.05, 0.1) is 0 Å². The summed E-state index contributed by atoms with van der Waals surface area (Å²) in [6.07, 6.45) is 5.35. The van der Waals surface area contributed by atoms with Crippen molar-refractivity contribution < 1.29 is 20.0 Å². The van der Waals surface area contributed by atoms with Gasteiger partial charge >= 0.3 is 277 Å². The summed E-state index contributed by atoms with van der Waals surface area (Å²) in [5.74, 6) is 0. The summed E-state index contributed by atoms with van der Waals surface area (Å²) in [7, 11) is -2.46. The second-order valence-corrected chi connectivity index (χ2v) is 34.8. The maximum absolute atomic E-state index is 3.35. The van der Waals surface area contributed by atoms with Crippen LogP contribution < -0.4 is 5.19 Å². The van der Waals surface area contributed by atoms with E-state index in [1.54, 1.807) is 49.0 Å². The summed E-state index contributed by atoms with van der Waals surface area (Å²) in [5, 5.41) is 10.9. The molecule has 0 nitrogen and oxygen atoms in total. The Morgan fingerprint density at radius 1 is 0.556 bits per heavy atom. The van der Waals surface area contributed by atoms with Gasteiger partial charge in [-0.15, -0.1) is 0 Å². The van der Waals surface area contributed by atoms with E-state index < -0.39 is 28.0 Å². The Labute approximate surface area is 275 Å². The van der Waals surface area contributed by atoms with Crippen molar-refractivity contribution in [3.05, 3.63) is 137 Å². The number of allylic oxidation sites excluding steroid dienone is 2. The zero-order valence-electron chi connectivity index (χ0n) is 27.7. The molecule has 2 aliphatic carbocycles. The molecule has 0 saturated heterocycles. The molecule has 2 heteroatoms. The van der Waals surface area contributed by atoms with E-state index in [4.69, 9.17) is 0 Å². The molecular weight excluding hydrogens is 723 g/mol.